The highest BCUT2D eigenvalue weighted by Gasteiger charge is 2.18. The standard InChI is InChI=1S/C18H23NO2/c1-13-11-15(9-10-21-13)19-12-14-7-8-18(20-2)17-6-4-3-5-16(14)17/h3-8,13,15,19H,9-12H2,1-2H3. The Morgan fingerprint density at radius 2 is 2.00 bits per heavy atom. The summed E-state index contributed by atoms with van der Waals surface area (Å²) >= 11 is 0. The molecule has 0 radical (unpaired) electrons. The molecule has 0 amide bonds. The monoisotopic (exact) mass is 285 g/mol. The van der Waals surface area contributed by atoms with Gasteiger partial charge in [-0.15, -0.1) is 0 Å². The van der Waals surface area contributed by atoms with Crippen molar-refractivity contribution in [2.24, 2.45) is 0 Å². The third kappa shape index (κ3) is 3.20. The van der Waals surface area contributed by atoms with Crippen molar-refractivity contribution in [1.29, 1.82) is 0 Å². The van der Waals surface area contributed by atoms with Crippen molar-refractivity contribution in [2.45, 2.75) is 38.5 Å². The van der Waals surface area contributed by atoms with Crippen LogP contribution in [0.25, 0.3) is 10.8 Å². The Bertz CT molecular complexity index is 611. The van der Waals surface area contributed by atoms with E-state index in [4.69, 9.17) is 9.47 Å². The molecule has 0 bridgehead atoms. The summed E-state index contributed by atoms with van der Waals surface area (Å²) in [6.07, 6.45) is 2.55. The number of hydrogen-bond donors (Lipinski definition) is 1. The highest BCUT2D eigenvalue weighted by atomic mass is 16.5. The van der Waals surface area contributed by atoms with Gasteiger partial charge in [0.15, 0.2) is 0 Å². The van der Waals surface area contributed by atoms with Crippen LogP contribution in [0.15, 0.2) is 36.4 Å². The lowest BCUT2D eigenvalue weighted by molar-refractivity contribution is 0.0130. The minimum absolute atomic E-state index is 0.365. The van der Waals surface area contributed by atoms with Crippen molar-refractivity contribution < 1.29 is 9.47 Å². The number of rotatable bonds is 4. The molecule has 1 N–H and O–H groups in total. The van der Waals surface area contributed by atoms with Crippen LogP contribution in [0.4, 0.5) is 0 Å². The molecule has 2 atom stereocenters. The third-order valence-electron chi connectivity index (χ3n) is 4.26. The molecule has 1 aliphatic rings. The summed E-state index contributed by atoms with van der Waals surface area (Å²) < 4.78 is 11.1. The van der Waals surface area contributed by atoms with Crippen LogP contribution in [-0.4, -0.2) is 25.9 Å². The maximum absolute atomic E-state index is 5.60. The summed E-state index contributed by atoms with van der Waals surface area (Å²) in [5.74, 6) is 0.939. The second-order valence-electron chi connectivity index (χ2n) is 5.76. The molecule has 1 saturated heterocycles. The second kappa shape index (κ2) is 6.46. The fourth-order valence-electron chi connectivity index (χ4n) is 3.10. The lowest BCUT2D eigenvalue weighted by atomic mass is 10.0. The first kappa shape index (κ1) is 14.4. The molecule has 112 valence electrons. The number of methoxy groups -OCH3 is 1. The Labute approximate surface area is 126 Å². The van der Waals surface area contributed by atoms with E-state index in [2.05, 4.69) is 48.6 Å². The fourth-order valence-corrected chi connectivity index (χ4v) is 3.10. The van der Waals surface area contributed by atoms with Crippen LogP contribution in [0.5, 0.6) is 5.75 Å². The molecular weight excluding hydrogens is 262 g/mol. The van der Waals surface area contributed by atoms with Crippen molar-refractivity contribution in [1.82, 2.24) is 5.32 Å². The summed E-state index contributed by atoms with van der Waals surface area (Å²) in [6, 6.07) is 13.2. The molecule has 21 heavy (non-hydrogen) atoms. The molecule has 3 rings (SSSR count). The first-order valence-electron chi connectivity index (χ1n) is 7.67. The van der Waals surface area contributed by atoms with Gasteiger partial charge >= 0.3 is 0 Å². The molecule has 0 aliphatic carbocycles. The summed E-state index contributed by atoms with van der Waals surface area (Å²) in [5.41, 5.74) is 1.32. The van der Waals surface area contributed by atoms with Crippen molar-refractivity contribution in [3.05, 3.63) is 42.0 Å². The Balaban J connectivity index is 1.78. The zero-order valence-electron chi connectivity index (χ0n) is 12.8. The van der Waals surface area contributed by atoms with E-state index in [1.54, 1.807) is 7.11 Å². The summed E-state index contributed by atoms with van der Waals surface area (Å²) in [5, 5.41) is 6.13. The van der Waals surface area contributed by atoms with Crippen molar-refractivity contribution in [3.8, 4) is 5.75 Å². The van der Waals surface area contributed by atoms with E-state index in [0.29, 0.717) is 12.1 Å². The third-order valence-corrected chi connectivity index (χ3v) is 4.26. The molecule has 0 saturated carbocycles. The van der Waals surface area contributed by atoms with Crippen LogP contribution in [0.2, 0.25) is 0 Å². The smallest absolute Gasteiger partial charge is 0.126 e. The van der Waals surface area contributed by atoms with E-state index in [1.807, 2.05) is 0 Å². The van der Waals surface area contributed by atoms with E-state index in [-0.39, 0.29) is 0 Å². The van der Waals surface area contributed by atoms with Gasteiger partial charge in [0.1, 0.15) is 5.75 Å². The maximum atomic E-state index is 5.60. The topological polar surface area (TPSA) is 30.5 Å². The lowest BCUT2D eigenvalue weighted by Gasteiger charge is -2.28. The van der Waals surface area contributed by atoms with Gasteiger partial charge in [0.2, 0.25) is 0 Å². The van der Waals surface area contributed by atoms with Gasteiger partial charge in [-0.2, -0.15) is 0 Å². The van der Waals surface area contributed by atoms with Crippen LogP contribution >= 0.6 is 0 Å². The van der Waals surface area contributed by atoms with E-state index >= 15 is 0 Å². The average molecular weight is 285 g/mol. The van der Waals surface area contributed by atoms with Gasteiger partial charge in [0.05, 0.1) is 13.2 Å². The van der Waals surface area contributed by atoms with Crippen molar-refractivity contribution in [2.75, 3.05) is 13.7 Å². The van der Waals surface area contributed by atoms with Gasteiger partial charge in [0, 0.05) is 24.6 Å². The molecule has 2 aromatic rings. The van der Waals surface area contributed by atoms with Gasteiger partial charge < -0.3 is 14.8 Å². The van der Waals surface area contributed by atoms with Gasteiger partial charge in [-0.05, 0) is 36.8 Å². The van der Waals surface area contributed by atoms with Crippen LogP contribution in [0.3, 0.4) is 0 Å². The van der Waals surface area contributed by atoms with Gasteiger partial charge in [0.25, 0.3) is 0 Å². The highest BCUT2D eigenvalue weighted by molar-refractivity contribution is 5.91. The number of hydrogen-bond acceptors (Lipinski definition) is 3. The lowest BCUT2D eigenvalue weighted by Crippen LogP contribution is -2.37. The van der Waals surface area contributed by atoms with E-state index in [0.717, 1.165) is 31.7 Å². The van der Waals surface area contributed by atoms with Gasteiger partial charge in [-0.3, -0.25) is 0 Å². The Hall–Kier alpha value is -1.58. The molecule has 2 aromatic carbocycles. The number of fused-ring (bicyclic) bond motifs is 1. The zero-order chi connectivity index (χ0) is 14.7. The molecule has 3 nitrogen and oxygen atoms in total. The Morgan fingerprint density at radius 1 is 1.19 bits per heavy atom. The quantitative estimate of drug-likeness (QED) is 0.932. The summed E-state index contributed by atoms with van der Waals surface area (Å²) in [7, 11) is 1.73. The molecular formula is C18H23NO2. The molecule has 0 spiro atoms. The number of nitrogens with one attached hydrogen (secondary N) is 1. The summed E-state index contributed by atoms with van der Waals surface area (Å²) in [4.78, 5) is 0. The van der Waals surface area contributed by atoms with Gasteiger partial charge in [-0.25, -0.2) is 0 Å². The van der Waals surface area contributed by atoms with Gasteiger partial charge in [-0.1, -0.05) is 30.3 Å². The molecule has 0 aromatic heterocycles. The Kier molecular flexibility index (Phi) is 4.42. The zero-order valence-corrected chi connectivity index (χ0v) is 12.8. The normalized spacial score (nSPS) is 22.4. The number of benzene rings is 2. The largest absolute Gasteiger partial charge is 0.496 e. The second-order valence-corrected chi connectivity index (χ2v) is 5.76. The summed E-state index contributed by atoms with van der Waals surface area (Å²) in [6.45, 7) is 3.90. The first-order valence-corrected chi connectivity index (χ1v) is 7.67. The predicted molar refractivity (Wildman–Crippen MR) is 85.8 cm³/mol. The molecule has 1 aliphatic heterocycles. The van der Waals surface area contributed by atoms with E-state index in [9.17, 15) is 0 Å². The predicted octanol–water partition coefficient (Wildman–Crippen LogP) is 3.51. The molecule has 1 heterocycles. The maximum Gasteiger partial charge on any atom is 0.126 e. The van der Waals surface area contributed by atoms with Crippen LogP contribution in [-0.2, 0) is 11.3 Å². The average Bonchev–Trinajstić information content (AvgIpc) is 2.52. The minimum atomic E-state index is 0.365. The molecule has 1 fully saturated rings. The van der Waals surface area contributed by atoms with Crippen molar-refractivity contribution in [3.63, 3.8) is 0 Å². The Morgan fingerprint density at radius 3 is 2.76 bits per heavy atom. The highest BCUT2D eigenvalue weighted by Crippen LogP contribution is 2.28. The molecule has 3 heteroatoms. The van der Waals surface area contributed by atoms with Crippen LogP contribution in [0.1, 0.15) is 25.3 Å². The SMILES string of the molecule is COc1ccc(CNC2CCOC(C)C2)c2ccccc12. The van der Waals surface area contributed by atoms with E-state index in [1.165, 1.54) is 16.3 Å². The molecule has 2 unspecified atom stereocenters. The number of ether oxygens (including phenoxy) is 2. The first-order chi connectivity index (χ1) is 10.3. The van der Waals surface area contributed by atoms with Crippen molar-refractivity contribution >= 4 is 10.8 Å². The fraction of sp³-hybridized carbons (Fsp3) is 0.444. The van der Waals surface area contributed by atoms with E-state index < -0.39 is 0 Å². The van der Waals surface area contributed by atoms with Crippen LogP contribution < -0.4 is 10.1 Å². The van der Waals surface area contributed by atoms with Crippen LogP contribution in [0, 0.1) is 0 Å². The minimum Gasteiger partial charge on any atom is -0.496 e.